The van der Waals surface area contributed by atoms with Crippen molar-refractivity contribution in [3.63, 3.8) is 0 Å². The molecular formula is C33H48O2. The van der Waals surface area contributed by atoms with E-state index >= 15 is 0 Å². The average molecular weight is 477 g/mol. The second-order valence-corrected chi connectivity index (χ2v) is 13.6. The lowest BCUT2D eigenvalue weighted by Crippen LogP contribution is -2.51. The number of carbonyl (C=O) groups is 1. The number of ether oxygens (including phenoxy) is 1. The molecule has 35 heavy (non-hydrogen) atoms. The molecule has 0 bridgehead atoms. The second kappa shape index (κ2) is 9.71. The molecule has 1 aromatic carbocycles. The Morgan fingerprint density at radius 3 is 2.49 bits per heavy atom. The standard InChI is InChI=1S/C33H48O2/c1-22(2)11-12-23(3)28-15-16-29-27-14-13-25-21-26(35-31(34)24-9-7-6-8-10-24)17-19-32(25,4)30(27)18-20-33(28,29)5/h6-10,13,22-23,26-30H,11-12,14-21H2,1-5H3/t23-,26+,27+,28-,29+,30+,32+,33-/m1/s1. The number of benzene rings is 1. The molecule has 3 saturated carbocycles. The summed E-state index contributed by atoms with van der Waals surface area (Å²) in [5.41, 5.74) is 3.12. The second-order valence-electron chi connectivity index (χ2n) is 13.6. The highest BCUT2D eigenvalue weighted by Crippen LogP contribution is 2.67. The minimum absolute atomic E-state index is 0.0325. The van der Waals surface area contributed by atoms with E-state index in [9.17, 15) is 4.79 Å². The Labute approximate surface area is 214 Å². The van der Waals surface area contributed by atoms with Crippen LogP contribution in [0.15, 0.2) is 42.0 Å². The van der Waals surface area contributed by atoms with Crippen molar-refractivity contribution in [2.24, 2.45) is 46.3 Å². The van der Waals surface area contributed by atoms with E-state index in [1.165, 1.54) is 51.4 Å². The van der Waals surface area contributed by atoms with Gasteiger partial charge >= 0.3 is 5.97 Å². The Kier molecular flexibility index (Phi) is 6.96. The zero-order valence-corrected chi connectivity index (χ0v) is 22.9. The molecule has 3 fully saturated rings. The van der Waals surface area contributed by atoms with Crippen molar-refractivity contribution >= 4 is 5.97 Å². The van der Waals surface area contributed by atoms with Crippen LogP contribution in [0.1, 0.15) is 109 Å². The molecule has 0 spiro atoms. The molecule has 0 saturated heterocycles. The fourth-order valence-corrected chi connectivity index (χ4v) is 9.29. The largest absolute Gasteiger partial charge is 0.458 e. The molecule has 0 aromatic heterocycles. The predicted octanol–water partition coefficient (Wildman–Crippen LogP) is 8.86. The lowest BCUT2D eigenvalue weighted by molar-refractivity contribution is -0.0595. The van der Waals surface area contributed by atoms with Crippen molar-refractivity contribution < 1.29 is 9.53 Å². The Morgan fingerprint density at radius 1 is 0.971 bits per heavy atom. The number of rotatable bonds is 6. The molecule has 4 aliphatic rings. The first-order valence-corrected chi connectivity index (χ1v) is 14.7. The first kappa shape index (κ1) is 25.1. The predicted molar refractivity (Wildman–Crippen MR) is 144 cm³/mol. The molecule has 0 aliphatic heterocycles. The van der Waals surface area contributed by atoms with Gasteiger partial charge in [0.25, 0.3) is 0 Å². The number of hydrogen-bond donors (Lipinski definition) is 0. The van der Waals surface area contributed by atoms with Gasteiger partial charge in [-0.15, -0.1) is 0 Å². The summed E-state index contributed by atoms with van der Waals surface area (Å²) in [6, 6.07) is 9.48. The lowest BCUT2D eigenvalue weighted by atomic mass is 9.47. The summed E-state index contributed by atoms with van der Waals surface area (Å²) < 4.78 is 5.99. The van der Waals surface area contributed by atoms with Crippen molar-refractivity contribution in [2.45, 2.75) is 105 Å². The minimum atomic E-state index is -0.162. The molecule has 0 amide bonds. The molecule has 0 radical (unpaired) electrons. The molecule has 8 atom stereocenters. The summed E-state index contributed by atoms with van der Waals surface area (Å²) in [6.07, 6.45) is 15.5. The van der Waals surface area contributed by atoms with Gasteiger partial charge in [-0.1, -0.05) is 77.3 Å². The third-order valence-corrected chi connectivity index (χ3v) is 11.3. The first-order chi connectivity index (χ1) is 16.7. The summed E-state index contributed by atoms with van der Waals surface area (Å²) in [5, 5.41) is 0. The summed E-state index contributed by atoms with van der Waals surface area (Å²) in [5.74, 6) is 5.01. The highest BCUT2D eigenvalue weighted by atomic mass is 16.5. The zero-order chi connectivity index (χ0) is 24.8. The summed E-state index contributed by atoms with van der Waals surface area (Å²) in [6.45, 7) is 12.6. The van der Waals surface area contributed by atoms with Gasteiger partial charge < -0.3 is 4.74 Å². The van der Waals surface area contributed by atoms with E-state index in [1.54, 1.807) is 5.57 Å². The van der Waals surface area contributed by atoms with Gasteiger partial charge in [0.15, 0.2) is 0 Å². The van der Waals surface area contributed by atoms with Crippen LogP contribution < -0.4 is 0 Å². The molecule has 192 valence electrons. The Hall–Kier alpha value is -1.57. The third-order valence-electron chi connectivity index (χ3n) is 11.3. The van der Waals surface area contributed by atoms with Gasteiger partial charge in [0.05, 0.1) is 5.56 Å². The monoisotopic (exact) mass is 476 g/mol. The Balaban J connectivity index is 1.28. The van der Waals surface area contributed by atoms with E-state index in [0.29, 0.717) is 16.4 Å². The van der Waals surface area contributed by atoms with Crippen molar-refractivity contribution in [3.8, 4) is 0 Å². The SMILES string of the molecule is CC(C)CC[C@@H](C)[C@H]1CC[C@H]2[C@@H]3CC=C4C[C@@H](OC(=O)c5ccccc5)CC[C@]4(C)[C@H]3CC[C@]12C. The van der Waals surface area contributed by atoms with Gasteiger partial charge in [0.1, 0.15) is 6.10 Å². The maximum Gasteiger partial charge on any atom is 0.338 e. The molecule has 0 heterocycles. The van der Waals surface area contributed by atoms with E-state index in [2.05, 4.69) is 40.7 Å². The van der Waals surface area contributed by atoms with Crippen molar-refractivity contribution in [3.05, 3.63) is 47.5 Å². The zero-order valence-electron chi connectivity index (χ0n) is 22.9. The highest BCUT2D eigenvalue weighted by Gasteiger charge is 2.59. The maximum absolute atomic E-state index is 12.7. The molecule has 2 nitrogen and oxygen atoms in total. The fraction of sp³-hybridized carbons (Fsp3) is 0.727. The molecule has 4 aliphatic carbocycles. The fourth-order valence-electron chi connectivity index (χ4n) is 9.29. The van der Waals surface area contributed by atoms with Gasteiger partial charge in [-0.2, -0.15) is 0 Å². The number of fused-ring (bicyclic) bond motifs is 5. The van der Waals surface area contributed by atoms with E-state index in [4.69, 9.17) is 4.74 Å². The van der Waals surface area contributed by atoms with Gasteiger partial charge in [-0.25, -0.2) is 4.79 Å². The smallest absolute Gasteiger partial charge is 0.338 e. The van der Waals surface area contributed by atoms with E-state index in [1.807, 2.05) is 30.3 Å². The topological polar surface area (TPSA) is 26.3 Å². The summed E-state index contributed by atoms with van der Waals surface area (Å²) in [4.78, 5) is 12.7. The number of hydrogen-bond acceptors (Lipinski definition) is 2. The van der Waals surface area contributed by atoms with Crippen LogP contribution in [0.25, 0.3) is 0 Å². The van der Waals surface area contributed by atoms with Crippen LogP contribution in [0.2, 0.25) is 0 Å². The van der Waals surface area contributed by atoms with Gasteiger partial charge in [-0.05, 0) is 103 Å². The normalized spacial score (nSPS) is 39.3. The molecule has 5 rings (SSSR count). The van der Waals surface area contributed by atoms with Crippen LogP contribution in [0, 0.1) is 46.3 Å². The Morgan fingerprint density at radius 2 is 1.74 bits per heavy atom. The molecule has 2 heteroatoms. The maximum atomic E-state index is 12.7. The Bertz CT molecular complexity index is 932. The van der Waals surface area contributed by atoms with Crippen molar-refractivity contribution in [2.75, 3.05) is 0 Å². The number of allylic oxidation sites excluding steroid dienone is 1. The minimum Gasteiger partial charge on any atom is -0.458 e. The lowest BCUT2D eigenvalue weighted by Gasteiger charge is -2.58. The summed E-state index contributed by atoms with van der Waals surface area (Å²) in [7, 11) is 0. The van der Waals surface area contributed by atoms with E-state index in [-0.39, 0.29) is 12.1 Å². The molecular weight excluding hydrogens is 428 g/mol. The van der Waals surface area contributed by atoms with Crippen molar-refractivity contribution in [1.29, 1.82) is 0 Å². The van der Waals surface area contributed by atoms with Crippen LogP contribution in [0.3, 0.4) is 0 Å². The van der Waals surface area contributed by atoms with Crippen LogP contribution in [-0.2, 0) is 4.74 Å². The average Bonchev–Trinajstić information content (AvgIpc) is 3.20. The van der Waals surface area contributed by atoms with Gasteiger partial charge in [0, 0.05) is 6.42 Å². The van der Waals surface area contributed by atoms with Crippen LogP contribution in [0.4, 0.5) is 0 Å². The van der Waals surface area contributed by atoms with Crippen LogP contribution in [-0.4, -0.2) is 12.1 Å². The molecule has 1 aromatic rings. The van der Waals surface area contributed by atoms with Gasteiger partial charge in [0.2, 0.25) is 0 Å². The van der Waals surface area contributed by atoms with E-state index in [0.717, 1.165) is 48.3 Å². The summed E-state index contributed by atoms with van der Waals surface area (Å²) >= 11 is 0. The number of carbonyl (C=O) groups excluding carboxylic acids is 1. The van der Waals surface area contributed by atoms with Gasteiger partial charge in [-0.3, -0.25) is 0 Å². The van der Waals surface area contributed by atoms with Crippen LogP contribution in [0.5, 0.6) is 0 Å². The third kappa shape index (κ3) is 4.53. The van der Waals surface area contributed by atoms with Crippen molar-refractivity contribution in [1.82, 2.24) is 0 Å². The quantitative estimate of drug-likeness (QED) is 0.303. The molecule has 0 unspecified atom stereocenters. The molecule has 0 N–H and O–H groups in total. The van der Waals surface area contributed by atoms with E-state index < -0.39 is 0 Å². The number of esters is 1. The first-order valence-electron chi connectivity index (χ1n) is 14.7. The highest BCUT2D eigenvalue weighted by molar-refractivity contribution is 5.89. The van der Waals surface area contributed by atoms with Crippen LogP contribution >= 0.6 is 0 Å².